The Morgan fingerprint density at radius 3 is 2.36 bits per heavy atom. The van der Waals surface area contributed by atoms with Crippen molar-refractivity contribution in [3.63, 3.8) is 0 Å². The Morgan fingerprint density at radius 2 is 2.00 bits per heavy atom. The van der Waals surface area contributed by atoms with Crippen molar-refractivity contribution in [2.75, 3.05) is 14.2 Å². The molecule has 0 aromatic heterocycles. The van der Waals surface area contributed by atoms with E-state index in [-0.39, 0.29) is 0 Å². The first-order valence-electron chi connectivity index (χ1n) is 3.71. The van der Waals surface area contributed by atoms with E-state index in [2.05, 4.69) is 19.1 Å². The standard InChI is InChI=1S/C8H14O2Si/c1-7-5-4-6-8(7)11(9-2)10-3/h4-5,11H,6H2,1-3H3. The summed E-state index contributed by atoms with van der Waals surface area (Å²) in [5, 5.41) is 1.37. The van der Waals surface area contributed by atoms with Crippen molar-refractivity contribution in [3.05, 3.63) is 22.9 Å². The van der Waals surface area contributed by atoms with Gasteiger partial charge in [-0.1, -0.05) is 17.7 Å². The van der Waals surface area contributed by atoms with Crippen molar-refractivity contribution in [3.8, 4) is 0 Å². The Morgan fingerprint density at radius 1 is 1.36 bits per heavy atom. The smallest absolute Gasteiger partial charge is 0.351 e. The zero-order valence-corrected chi connectivity index (χ0v) is 8.41. The zero-order valence-electron chi connectivity index (χ0n) is 7.26. The minimum Gasteiger partial charge on any atom is -0.397 e. The maximum atomic E-state index is 5.27. The predicted molar refractivity (Wildman–Crippen MR) is 47.6 cm³/mol. The van der Waals surface area contributed by atoms with Crippen LogP contribution in [-0.2, 0) is 8.85 Å². The van der Waals surface area contributed by atoms with Crippen molar-refractivity contribution in [2.45, 2.75) is 13.3 Å². The van der Waals surface area contributed by atoms with E-state index in [1.165, 1.54) is 10.8 Å². The van der Waals surface area contributed by atoms with E-state index in [0.717, 1.165) is 6.42 Å². The number of allylic oxidation sites excluding steroid dienone is 4. The summed E-state index contributed by atoms with van der Waals surface area (Å²) in [6.45, 7) is 2.11. The second-order valence-electron chi connectivity index (χ2n) is 2.62. The molecule has 0 aromatic carbocycles. The highest BCUT2D eigenvalue weighted by Crippen LogP contribution is 2.21. The van der Waals surface area contributed by atoms with E-state index in [9.17, 15) is 0 Å². The second kappa shape index (κ2) is 3.85. The van der Waals surface area contributed by atoms with Crippen LogP contribution >= 0.6 is 0 Å². The molecule has 62 valence electrons. The molecule has 0 amide bonds. The van der Waals surface area contributed by atoms with Gasteiger partial charge in [-0.2, -0.15) is 0 Å². The summed E-state index contributed by atoms with van der Waals surface area (Å²) >= 11 is 0. The molecule has 2 nitrogen and oxygen atoms in total. The largest absolute Gasteiger partial charge is 0.397 e. The van der Waals surface area contributed by atoms with Crippen LogP contribution in [0.3, 0.4) is 0 Å². The number of hydrogen-bond acceptors (Lipinski definition) is 2. The third-order valence-corrected chi connectivity index (χ3v) is 4.04. The molecular weight excluding hydrogens is 156 g/mol. The molecule has 0 bridgehead atoms. The normalized spacial score (nSPS) is 17.1. The zero-order chi connectivity index (χ0) is 8.27. The highest BCUT2D eigenvalue weighted by atomic mass is 28.3. The fourth-order valence-electron chi connectivity index (χ4n) is 1.29. The van der Waals surface area contributed by atoms with E-state index >= 15 is 0 Å². The predicted octanol–water partition coefficient (Wildman–Crippen LogP) is 1.32. The topological polar surface area (TPSA) is 18.5 Å². The average Bonchev–Trinajstić information content (AvgIpc) is 2.40. The van der Waals surface area contributed by atoms with Gasteiger partial charge in [-0.3, -0.25) is 0 Å². The van der Waals surface area contributed by atoms with E-state index < -0.39 is 9.28 Å². The molecule has 1 rings (SSSR count). The molecule has 1 aliphatic carbocycles. The Labute approximate surface area is 69.4 Å². The molecular formula is C8H14O2Si. The van der Waals surface area contributed by atoms with E-state index in [0.29, 0.717) is 0 Å². The van der Waals surface area contributed by atoms with Crippen LogP contribution in [0, 0.1) is 0 Å². The molecule has 3 heteroatoms. The first-order valence-corrected chi connectivity index (χ1v) is 5.23. The van der Waals surface area contributed by atoms with Crippen LogP contribution in [0.15, 0.2) is 22.9 Å². The lowest BCUT2D eigenvalue weighted by molar-refractivity contribution is 0.286. The highest BCUT2D eigenvalue weighted by molar-refractivity contribution is 6.54. The molecule has 0 heterocycles. The highest BCUT2D eigenvalue weighted by Gasteiger charge is 2.19. The van der Waals surface area contributed by atoms with Crippen LogP contribution in [-0.4, -0.2) is 23.5 Å². The number of rotatable bonds is 3. The fourth-order valence-corrected chi connectivity index (χ4v) is 2.85. The van der Waals surface area contributed by atoms with Crippen molar-refractivity contribution in [2.24, 2.45) is 0 Å². The number of hydrogen-bond donors (Lipinski definition) is 0. The van der Waals surface area contributed by atoms with E-state index in [1.54, 1.807) is 14.2 Å². The molecule has 0 unspecified atom stereocenters. The van der Waals surface area contributed by atoms with Crippen molar-refractivity contribution in [1.82, 2.24) is 0 Å². The molecule has 0 aromatic rings. The Kier molecular flexibility index (Phi) is 3.05. The molecule has 0 fully saturated rings. The maximum absolute atomic E-state index is 5.27. The molecule has 0 aliphatic heterocycles. The molecule has 0 saturated carbocycles. The lowest BCUT2D eigenvalue weighted by Gasteiger charge is -2.12. The monoisotopic (exact) mass is 170 g/mol. The minimum absolute atomic E-state index is 1.02. The first kappa shape index (κ1) is 8.71. The van der Waals surface area contributed by atoms with Gasteiger partial charge < -0.3 is 8.85 Å². The maximum Gasteiger partial charge on any atom is 0.351 e. The summed E-state index contributed by atoms with van der Waals surface area (Å²) < 4.78 is 10.5. The second-order valence-corrected chi connectivity index (χ2v) is 4.92. The van der Waals surface area contributed by atoms with Crippen LogP contribution < -0.4 is 0 Å². The third kappa shape index (κ3) is 1.80. The summed E-state index contributed by atoms with van der Waals surface area (Å²) in [5.74, 6) is 0. The molecule has 0 spiro atoms. The van der Waals surface area contributed by atoms with Gasteiger partial charge in [0.1, 0.15) is 0 Å². The van der Waals surface area contributed by atoms with Gasteiger partial charge in [-0.15, -0.1) is 0 Å². The van der Waals surface area contributed by atoms with Crippen LogP contribution in [0.4, 0.5) is 0 Å². The van der Waals surface area contributed by atoms with E-state index in [4.69, 9.17) is 8.85 Å². The third-order valence-electron chi connectivity index (χ3n) is 1.92. The Balaban J connectivity index is 2.67. The summed E-state index contributed by atoms with van der Waals surface area (Å²) in [5.41, 5.74) is 1.32. The lowest BCUT2D eigenvalue weighted by Crippen LogP contribution is -2.22. The van der Waals surface area contributed by atoms with Gasteiger partial charge >= 0.3 is 9.28 Å². The fraction of sp³-hybridized carbons (Fsp3) is 0.500. The lowest BCUT2D eigenvalue weighted by atomic mass is 10.3. The summed E-state index contributed by atoms with van der Waals surface area (Å²) in [6.07, 6.45) is 5.31. The van der Waals surface area contributed by atoms with E-state index in [1.807, 2.05) is 0 Å². The van der Waals surface area contributed by atoms with Gasteiger partial charge in [0.05, 0.1) is 0 Å². The molecule has 0 saturated heterocycles. The molecule has 1 aliphatic rings. The van der Waals surface area contributed by atoms with Gasteiger partial charge in [-0.05, 0) is 18.5 Å². The van der Waals surface area contributed by atoms with Crippen LogP contribution in [0.5, 0.6) is 0 Å². The van der Waals surface area contributed by atoms with Crippen LogP contribution in [0.25, 0.3) is 0 Å². The van der Waals surface area contributed by atoms with Crippen LogP contribution in [0.1, 0.15) is 13.3 Å². The van der Waals surface area contributed by atoms with Crippen LogP contribution in [0.2, 0.25) is 0 Å². The van der Waals surface area contributed by atoms with Gasteiger partial charge in [-0.25, -0.2) is 0 Å². The minimum atomic E-state index is -1.49. The summed E-state index contributed by atoms with van der Waals surface area (Å²) in [7, 11) is 1.96. The molecule has 0 atom stereocenters. The molecule has 0 radical (unpaired) electrons. The van der Waals surface area contributed by atoms with Crippen molar-refractivity contribution in [1.29, 1.82) is 0 Å². The average molecular weight is 170 g/mol. The summed E-state index contributed by atoms with van der Waals surface area (Å²) in [4.78, 5) is 0. The quantitative estimate of drug-likeness (QED) is 0.595. The Hall–Kier alpha value is -0.383. The molecule has 0 N–H and O–H groups in total. The van der Waals surface area contributed by atoms with Gasteiger partial charge in [0, 0.05) is 14.2 Å². The summed E-state index contributed by atoms with van der Waals surface area (Å²) in [6, 6.07) is 0. The van der Waals surface area contributed by atoms with Crippen molar-refractivity contribution >= 4 is 9.28 Å². The first-order chi connectivity index (χ1) is 5.29. The Bertz CT molecular complexity index is 192. The molecule has 11 heavy (non-hydrogen) atoms. The van der Waals surface area contributed by atoms with Gasteiger partial charge in [0.15, 0.2) is 0 Å². The van der Waals surface area contributed by atoms with Crippen molar-refractivity contribution < 1.29 is 8.85 Å². The van der Waals surface area contributed by atoms with Gasteiger partial charge in [0.25, 0.3) is 0 Å². The van der Waals surface area contributed by atoms with Gasteiger partial charge in [0.2, 0.25) is 0 Å². The SMILES string of the molecule is CO[SiH](OC)C1=C(C)C=CC1.